The Hall–Kier alpha value is -1.33. The first-order chi connectivity index (χ1) is 7.24. The minimum atomic E-state index is -0.209. The van der Waals surface area contributed by atoms with Crippen LogP contribution in [-0.4, -0.2) is 30.5 Å². The average molecular weight is 246 g/mol. The zero-order valence-corrected chi connectivity index (χ0v) is 9.89. The van der Waals surface area contributed by atoms with Crippen LogP contribution in [0, 0.1) is 0 Å². The summed E-state index contributed by atoms with van der Waals surface area (Å²) in [5.74, 6) is -0.177. The second-order valence-electron chi connectivity index (χ2n) is 3.05. The summed E-state index contributed by atoms with van der Waals surface area (Å²) in [7, 11) is 0. The number of carbonyl (C=O) groups is 1. The predicted octanol–water partition coefficient (Wildman–Crippen LogP) is 0.136. The second kappa shape index (κ2) is 7.90. The number of hydrogen-bond acceptors (Lipinski definition) is 3. The van der Waals surface area contributed by atoms with Crippen LogP contribution in [0.3, 0.4) is 0 Å². The van der Waals surface area contributed by atoms with Gasteiger partial charge in [0.1, 0.15) is 0 Å². The summed E-state index contributed by atoms with van der Waals surface area (Å²) in [6.45, 7) is 4.20. The number of hydrogen-bond donors (Lipinski definition) is 3. The van der Waals surface area contributed by atoms with Gasteiger partial charge in [-0.2, -0.15) is 0 Å². The fourth-order valence-electron chi connectivity index (χ4n) is 1.10. The predicted molar refractivity (Wildman–Crippen MR) is 65.2 cm³/mol. The highest BCUT2D eigenvalue weighted by molar-refractivity contribution is 5.93. The number of nitrogens with one attached hydrogen (secondary N) is 3. The number of rotatable bonds is 5. The molecule has 0 atom stereocenters. The molecule has 0 saturated heterocycles. The number of aromatic amines is 1. The van der Waals surface area contributed by atoms with E-state index in [1.807, 2.05) is 6.92 Å². The van der Waals surface area contributed by atoms with E-state index in [-0.39, 0.29) is 23.9 Å². The monoisotopic (exact) mass is 245 g/mol. The van der Waals surface area contributed by atoms with E-state index in [4.69, 9.17) is 0 Å². The van der Waals surface area contributed by atoms with Gasteiger partial charge in [-0.25, -0.2) is 0 Å². The van der Waals surface area contributed by atoms with Gasteiger partial charge in [0.25, 0.3) is 5.91 Å². The number of likely N-dealkylation sites (N-methyl/N-ethyl adjacent to an activating group) is 1. The lowest BCUT2D eigenvalue weighted by Crippen LogP contribution is -2.31. The van der Waals surface area contributed by atoms with Crippen LogP contribution >= 0.6 is 12.4 Å². The smallest absolute Gasteiger partial charge is 0.252 e. The summed E-state index contributed by atoms with van der Waals surface area (Å²) in [5, 5.41) is 5.82. The van der Waals surface area contributed by atoms with E-state index in [0.717, 1.165) is 13.1 Å². The molecule has 0 aromatic carbocycles. The van der Waals surface area contributed by atoms with Crippen LogP contribution < -0.4 is 16.2 Å². The summed E-state index contributed by atoms with van der Waals surface area (Å²) in [5.41, 5.74) is 0.255. The first-order valence-electron chi connectivity index (χ1n) is 4.91. The molecule has 1 heterocycles. The topological polar surface area (TPSA) is 74.0 Å². The third-order valence-electron chi connectivity index (χ3n) is 1.88. The highest BCUT2D eigenvalue weighted by Gasteiger charge is 2.03. The van der Waals surface area contributed by atoms with E-state index in [0.29, 0.717) is 12.1 Å². The van der Waals surface area contributed by atoms with Gasteiger partial charge in [0.05, 0.1) is 5.56 Å². The van der Waals surface area contributed by atoms with Gasteiger partial charge < -0.3 is 15.6 Å². The Kier molecular flexibility index (Phi) is 7.24. The summed E-state index contributed by atoms with van der Waals surface area (Å²) < 4.78 is 0. The van der Waals surface area contributed by atoms with Crippen molar-refractivity contribution in [3.8, 4) is 0 Å². The van der Waals surface area contributed by atoms with E-state index in [9.17, 15) is 9.59 Å². The van der Waals surface area contributed by atoms with Gasteiger partial charge in [0.15, 0.2) is 0 Å². The van der Waals surface area contributed by atoms with E-state index in [1.165, 1.54) is 18.3 Å². The maximum Gasteiger partial charge on any atom is 0.252 e. The normalized spacial score (nSPS) is 9.31. The van der Waals surface area contributed by atoms with Crippen molar-refractivity contribution in [1.29, 1.82) is 0 Å². The summed E-state index contributed by atoms with van der Waals surface area (Å²) in [4.78, 5) is 24.7. The first kappa shape index (κ1) is 14.7. The lowest BCUT2D eigenvalue weighted by atomic mass is 10.3. The molecule has 0 fully saturated rings. The van der Waals surface area contributed by atoms with E-state index < -0.39 is 0 Å². The second-order valence-corrected chi connectivity index (χ2v) is 3.05. The van der Waals surface area contributed by atoms with Crippen LogP contribution in [0.1, 0.15) is 17.3 Å². The third kappa shape index (κ3) is 4.95. The van der Waals surface area contributed by atoms with Gasteiger partial charge in [-0.05, 0) is 12.6 Å². The number of H-pyrrole nitrogens is 1. The average Bonchev–Trinajstić information content (AvgIpc) is 2.25. The quantitative estimate of drug-likeness (QED) is 0.646. The number of aromatic nitrogens is 1. The van der Waals surface area contributed by atoms with Crippen molar-refractivity contribution < 1.29 is 4.79 Å². The van der Waals surface area contributed by atoms with Crippen LogP contribution in [0.15, 0.2) is 23.1 Å². The molecule has 0 spiro atoms. The molecule has 1 amide bonds. The number of pyridine rings is 1. The largest absolute Gasteiger partial charge is 0.351 e. The van der Waals surface area contributed by atoms with Gasteiger partial charge in [-0.15, -0.1) is 12.4 Å². The van der Waals surface area contributed by atoms with E-state index in [2.05, 4.69) is 15.6 Å². The summed E-state index contributed by atoms with van der Waals surface area (Å²) >= 11 is 0. The number of halogens is 1. The lowest BCUT2D eigenvalue weighted by molar-refractivity contribution is 0.0953. The van der Waals surface area contributed by atoms with Crippen LogP contribution in [0.5, 0.6) is 0 Å². The first-order valence-corrected chi connectivity index (χ1v) is 4.91. The Morgan fingerprint density at radius 3 is 2.69 bits per heavy atom. The van der Waals surface area contributed by atoms with Gasteiger partial charge in [0.2, 0.25) is 5.56 Å². The third-order valence-corrected chi connectivity index (χ3v) is 1.88. The minimum Gasteiger partial charge on any atom is -0.351 e. The molecule has 0 saturated carbocycles. The van der Waals surface area contributed by atoms with Gasteiger partial charge >= 0.3 is 0 Å². The molecule has 16 heavy (non-hydrogen) atoms. The Morgan fingerprint density at radius 2 is 2.12 bits per heavy atom. The highest BCUT2D eigenvalue weighted by atomic mass is 35.5. The molecule has 3 N–H and O–H groups in total. The molecule has 0 radical (unpaired) electrons. The molecule has 1 aromatic heterocycles. The van der Waals surface area contributed by atoms with Crippen LogP contribution in [0.2, 0.25) is 0 Å². The van der Waals surface area contributed by atoms with Crippen molar-refractivity contribution in [3.63, 3.8) is 0 Å². The molecule has 0 aliphatic heterocycles. The Labute approximate surface area is 100 Å². The zero-order valence-electron chi connectivity index (χ0n) is 9.08. The number of amides is 1. The van der Waals surface area contributed by atoms with Crippen LogP contribution in [0.25, 0.3) is 0 Å². The molecule has 6 heteroatoms. The van der Waals surface area contributed by atoms with Crippen LogP contribution in [0.4, 0.5) is 0 Å². The molecule has 0 bridgehead atoms. The SMILES string of the molecule is CCNCCNC(=O)c1ccc(=O)[nH]c1.Cl. The standard InChI is InChI=1S/C10H15N3O2.ClH/c1-2-11-5-6-12-10(15)8-3-4-9(14)13-7-8;/h3-4,7,11H,2,5-6H2,1H3,(H,12,15)(H,13,14);1H. The van der Waals surface area contributed by atoms with Crippen molar-refractivity contribution in [2.75, 3.05) is 19.6 Å². The number of carbonyl (C=O) groups excluding carboxylic acids is 1. The van der Waals surface area contributed by atoms with Gasteiger partial charge in [-0.1, -0.05) is 6.92 Å². The van der Waals surface area contributed by atoms with Crippen LogP contribution in [-0.2, 0) is 0 Å². The van der Waals surface area contributed by atoms with Crippen molar-refractivity contribution in [1.82, 2.24) is 15.6 Å². The summed E-state index contributed by atoms with van der Waals surface area (Å²) in [6.07, 6.45) is 1.41. The molecule has 1 rings (SSSR count). The Bertz CT molecular complexity index is 358. The minimum absolute atomic E-state index is 0. The van der Waals surface area contributed by atoms with Gasteiger partial charge in [-0.3, -0.25) is 9.59 Å². The van der Waals surface area contributed by atoms with Crippen molar-refractivity contribution in [3.05, 3.63) is 34.2 Å². The van der Waals surface area contributed by atoms with Crippen molar-refractivity contribution >= 4 is 18.3 Å². The summed E-state index contributed by atoms with van der Waals surface area (Å²) in [6, 6.07) is 2.83. The highest BCUT2D eigenvalue weighted by Crippen LogP contribution is 1.91. The van der Waals surface area contributed by atoms with Crippen molar-refractivity contribution in [2.45, 2.75) is 6.92 Å². The van der Waals surface area contributed by atoms with Gasteiger partial charge in [0, 0.05) is 25.4 Å². The fraction of sp³-hybridized carbons (Fsp3) is 0.400. The zero-order chi connectivity index (χ0) is 11.1. The fourth-order valence-corrected chi connectivity index (χ4v) is 1.10. The molecule has 0 aliphatic carbocycles. The maximum absolute atomic E-state index is 11.5. The molecular formula is C10H16ClN3O2. The molecule has 1 aromatic rings. The molecule has 0 unspecified atom stereocenters. The maximum atomic E-state index is 11.5. The molecule has 5 nitrogen and oxygen atoms in total. The van der Waals surface area contributed by atoms with Crippen molar-refractivity contribution in [2.24, 2.45) is 0 Å². The van der Waals surface area contributed by atoms with E-state index in [1.54, 1.807) is 0 Å². The Balaban J connectivity index is 0.00000225. The molecular weight excluding hydrogens is 230 g/mol. The van der Waals surface area contributed by atoms with E-state index >= 15 is 0 Å². The lowest BCUT2D eigenvalue weighted by Gasteiger charge is -2.04. The molecule has 0 aliphatic rings. The molecule has 90 valence electrons. The Morgan fingerprint density at radius 1 is 1.38 bits per heavy atom.